The van der Waals surface area contributed by atoms with Gasteiger partial charge in [0.1, 0.15) is 5.75 Å². The molecule has 0 aliphatic carbocycles. The van der Waals surface area contributed by atoms with Crippen molar-refractivity contribution in [1.29, 1.82) is 0 Å². The molecular weight excluding hydrogens is 269 g/mol. The summed E-state index contributed by atoms with van der Waals surface area (Å²) in [6, 6.07) is 4.35. The van der Waals surface area contributed by atoms with E-state index in [9.17, 15) is 13.2 Å². The highest BCUT2D eigenvalue weighted by Crippen LogP contribution is 2.37. The molecular formula is C15H19F3O2. The lowest BCUT2D eigenvalue weighted by Gasteiger charge is -2.24. The highest BCUT2D eigenvalue weighted by Gasteiger charge is 2.33. The molecule has 0 aliphatic rings. The summed E-state index contributed by atoms with van der Waals surface area (Å²) in [5, 5.41) is 0. The van der Waals surface area contributed by atoms with Crippen LogP contribution in [0.25, 0.3) is 5.57 Å². The summed E-state index contributed by atoms with van der Waals surface area (Å²) in [6.07, 6.45) is -4.44. The van der Waals surface area contributed by atoms with Crippen LogP contribution < -0.4 is 4.74 Å². The Labute approximate surface area is 117 Å². The van der Waals surface area contributed by atoms with Gasteiger partial charge in [-0.15, -0.1) is 0 Å². The van der Waals surface area contributed by atoms with E-state index in [0.717, 1.165) is 0 Å². The number of alkyl halides is 3. The molecule has 5 heteroatoms. The molecule has 0 bridgehead atoms. The Bertz CT molecular complexity index is 485. The molecule has 0 fully saturated rings. The molecule has 2 nitrogen and oxygen atoms in total. The summed E-state index contributed by atoms with van der Waals surface area (Å²) < 4.78 is 48.4. The molecule has 0 saturated carbocycles. The van der Waals surface area contributed by atoms with Gasteiger partial charge in [0, 0.05) is 12.7 Å². The maximum Gasteiger partial charge on any atom is 0.416 e. The van der Waals surface area contributed by atoms with Crippen molar-refractivity contribution in [2.75, 3.05) is 13.9 Å². The van der Waals surface area contributed by atoms with Gasteiger partial charge in [-0.3, -0.25) is 0 Å². The van der Waals surface area contributed by atoms with Crippen molar-refractivity contribution in [2.24, 2.45) is 0 Å². The molecule has 112 valence electrons. The van der Waals surface area contributed by atoms with Crippen LogP contribution >= 0.6 is 0 Å². The van der Waals surface area contributed by atoms with E-state index in [1.807, 2.05) is 20.8 Å². The molecule has 20 heavy (non-hydrogen) atoms. The average Bonchev–Trinajstić information content (AvgIpc) is 2.33. The largest absolute Gasteiger partial charge is 0.467 e. The van der Waals surface area contributed by atoms with Crippen molar-refractivity contribution in [3.8, 4) is 5.75 Å². The first kappa shape index (κ1) is 16.6. The minimum absolute atomic E-state index is 0.0443. The Kier molecular flexibility index (Phi) is 4.86. The van der Waals surface area contributed by atoms with Gasteiger partial charge < -0.3 is 9.47 Å². The first-order valence-electron chi connectivity index (χ1n) is 6.10. The molecule has 1 rings (SSSR count). The summed E-state index contributed by atoms with van der Waals surface area (Å²) in [7, 11) is 1.48. The minimum atomic E-state index is -4.44. The zero-order chi connectivity index (χ0) is 15.6. The zero-order valence-corrected chi connectivity index (χ0v) is 12.1. The van der Waals surface area contributed by atoms with Gasteiger partial charge in [-0.1, -0.05) is 33.4 Å². The second-order valence-electron chi connectivity index (χ2n) is 5.49. The van der Waals surface area contributed by atoms with Gasteiger partial charge in [0.15, 0.2) is 6.79 Å². The Morgan fingerprint density at radius 1 is 1.20 bits per heavy atom. The Morgan fingerprint density at radius 3 is 2.25 bits per heavy atom. The first-order chi connectivity index (χ1) is 9.07. The molecule has 0 atom stereocenters. The predicted molar refractivity (Wildman–Crippen MR) is 72.7 cm³/mol. The van der Waals surface area contributed by atoms with Gasteiger partial charge in [-0.25, -0.2) is 0 Å². The van der Waals surface area contributed by atoms with E-state index >= 15 is 0 Å². The van der Waals surface area contributed by atoms with Crippen LogP contribution in [0.1, 0.15) is 31.9 Å². The summed E-state index contributed by atoms with van der Waals surface area (Å²) in [5.74, 6) is 0.512. The fraction of sp³-hybridized carbons (Fsp3) is 0.467. The maximum atomic E-state index is 12.7. The number of halogens is 3. The monoisotopic (exact) mass is 288 g/mol. The van der Waals surface area contributed by atoms with Gasteiger partial charge in [0.2, 0.25) is 0 Å². The molecule has 0 aliphatic heterocycles. The van der Waals surface area contributed by atoms with Crippen LogP contribution in [0, 0.1) is 0 Å². The van der Waals surface area contributed by atoms with E-state index in [1.54, 1.807) is 0 Å². The summed E-state index contributed by atoms with van der Waals surface area (Å²) >= 11 is 0. The van der Waals surface area contributed by atoms with Crippen LogP contribution in [0.4, 0.5) is 13.2 Å². The lowest BCUT2D eigenvalue weighted by molar-refractivity contribution is -0.0686. The molecule has 1 aromatic rings. The van der Waals surface area contributed by atoms with Crippen molar-refractivity contribution in [3.05, 3.63) is 35.9 Å². The van der Waals surface area contributed by atoms with Crippen molar-refractivity contribution in [3.63, 3.8) is 0 Å². The third-order valence-corrected chi connectivity index (χ3v) is 2.81. The average molecular weight is 288 g/mol. The Hall–Kier alpha value is -1.49. The smallest absolute Gasteiger partial charge is 0.416 e. The van der Waals surface area contributed by atoms with E-state index in [0.29, 0.717) is 11.3 Å². The number of benzene rings is 1. The number of hydrogen-bond acceptors (Lipinski definition) is 2. The molecule has 0 aromatic heterocycles. The van der Waals surface area contributed by atoms with Crippen molar-refractivity contribution >= 4 is 5.57 Å². The van der Waals surface area contributed by atoms with E-state index in [2.05, 4.69) is 6.58 Å². The lowest BCUT2D eigenvalue weighted by Crippen LogP contribution is -2.16. The van der Waals surface area contributed by atoms with Gasteiger partial charge in [-0.05, 0) is 23.1 Å². The molecule has 1 aromatic carbocycles. The van der Waals surface area contributed by atoms with Gasteiger partial charge in [0.25, 0.3) is 0 Å². The lowest BCUT2D eigenvalue weighted by atomic mass is 9.84. The van der Waals surface area contributed by atoms with Gasteiger partial charge in [0.05, 0.1) is 5.57 Å². The topological polar surface area (TPSA) is 18.5 Å². The normalized spacial score (nSPS) is 12.3. The van der Waals surface area contributed by atoms with Crippen molar-refractivity contribution in [1.82, 2.24) is 0 Å². The molecule has 0 unspecified atom stereocenters. The number of methoxy groups -OCH3 is 1. The van der Waals surface area contributed by atoms with Crippen LogP contribution in [0.2, 0.25) is 0 Å². The van der Waals surface area contributed by atoms with Crippen LogP contribution in [-0.4, -0.2) is 20.1 Å². The first-order valence-corrected chi connectivity index (χ1v) is 6.10. The fourth-order valence-electron chi connectivity index (χ4n) is 1.72. The predicted octanol–water partition coefficient (Wildman–Crippen LogP) is 4.54. The highest BCUT2D eigenvalue weighted by molar-refractivity contribution is 5.69. The highest BCUT2D eigenvalue weighted by atomic mass is 19.4. The van der Waals surface area contributed by atoms with Crippen LogP contribution in [-0.2, 0) is 10.2 Å². The molecule has 0 radical (unpaired) electrons. The quantitative estimate of drug-likeness (QED) is 0.757. The molecule has 0 amide bonds. The maximum absolute atomic E-state index is 12.7. The third kappa shape index (κ3) is 4.00. The third-order valence-electron chi connectivity index (χ3n) is 2.81. The number of allylic oxidation sites excluding steroid dienone is 1. The summed E-state index contributed by atoms with van der Waals surface area (Å²) in [4.78, 5) is 0. The number of hydrogen-bond donors (Lipinski definition) is 0. The summed E-state index contributed by atoms with van der Waals surface area (Å²) in [6.45, 7) is 8.88. The van der Waals surface area contributed by atoms with Crippen molar-refractivity contribution < 1.29 is 22.6 Å². The van der Waals surface area contributed by atoms with E-state index in [4.69, 9.17) is 9.47 Å². The second-order valence-corrected chi connectivity index (χ2v) is 5.49. The fourth-order valence-corrected chi connectivity index (χ4v) is 1.72. The minimum Gasteiger partial charge on any atom is -0.467 e. The standard InChI is InChI=1S/C15H19F3O2/c1-10(15(16,17)18)11-6-7-13(20-9-19-5)12(8-11)14(2,3)4/h6-8H,1,9H2,2-5H3. The Morgan fingerprint density at radius 2 is 1.80 bits per heavy atom. The van der Waals surface area contributed by atoms with E-state index in [1.165, 1.54) is 25.3 Å². The number of rotatable bonds is 4. The summed E-state index contributed by atoms with van der Waals surface area (Å²) in [5.41, 5.74) is -0.490. The van der Waals surface area contributed by atoms with E-state index in [-0.39, 0.29) is 17.8 Å². The van der Waals surface area contributed by atoms with Gasteiger partial charge in [-0.2, -0.15) is 13.2 Å². The zero-order valence-electron chi connectivity index (χ0n) is 12.1. The van der Waals surface area contributed by atoms with Crippen molar-refractivity contribution in [2.45, 2.75) is 32.4 Å². The van der Waals surface area contributed by atoms with Crippen LogP contribution in [0.15, 0.2) is 24.8 Å². The van der Waals surface area contributed by atoms with E-state index < -0.39 is 11.7 Å². The molecule has 0 saturated heterocycles. The Balaban J connectivity index is 3.25. The molecule has 0 heterocycles. The molecule has 0 N–H and O–H groups in total. The number of ether oxygens (including phenoxy) is 2. The SMILES string of the molecule is C=C(c1ccc(OCOC)c(C(C)(C)C)c1)C(F)(F)F. The van der Waals surface area contributed by atoms with Crippen LogP contribution in [0.3, 0.4) is 0 Å². The van der Waals surface area contributed by atoms with Crippen LogP contribution in [0.5, 0.6) is 5.75 Å². The van der Waals surface area contributed by atoms with Gasteiger partial charge >= 0.3 is 6.18 Å². The second kappa shape index (κ2) is 5.87. The molecule has 0 spiro atoms.